The van der Waals surface area contributed by atoms with Crippen molar-refractivity contribution in [1.29, 1.82) is 0 Å². The predicted molar refractivity (Wildman–Crippen MR) is 111 cm³/mol. The normalized spacial score (nSPS) is 15.0. The third-order valence-corrected chi connectivity index (χ3v) is 4.81. The molecule has 7 nitrogen and oxygen atoms in total. The van der Waals surface area contributed by atoms with Gasteiger partial charge in [-0.15, -0.1) is 0 Å². The SMILES string of the molecule is CC(C)CC(C(=O)OC(C)C(=O)Nc1ccccc1)N1C(=O)c2ccccc2C1=O. The molecule has 0 fully saturated rings. The number of amides is 3. The van der Waals surface area contributed by atoms with Crippen LogP contribution in [0.25, 0.3) is 0 Å². The highest BCUT2D eigenvalue weighted by Crippen LogP contribution is 2.27. The van der Waals surface area contributed by atoms with E-state index < -0.39 is 35.8 Å². The molecule has 2 aromatic carbocycles. The summed E-state index contributed by atoms with van der Waals surface area (Å²) in [6.07, 6.45) is -0.861. The number of imide groups is 1. The number of nitrogens with one attached hydrogen (secondary N) is 1. The minimum Gasteiger partial charge on any atom is -0.451 e. The smallest absolute Gasteiger partial charge is 0.330 e. The van der Waals surface area contributed by atoms with Gasteiger partial charge in [0.15, 0.2) is 6.10 Å². The predicted octanol–water partition coefficient (Wildman–Crippen LogP) is 3.27. The van der Waals surface area contributed by atoms with Crippen molar-refractivity contribution in [3.63, 3.8) is 0 Å². The largest absolute Gasteiger partial charge is 0.451 e. The Kier molecular flexibility index (Phi) is 6.30. The molecule has 156 valence electrons. The maximum absolute atomic E-state index is 12.9. The Balaban J connectivity index is 1.76. The number of carbonyl (C=O) groups is 4. The first-order chi connectivity index (χ1) is 14.3. The van der Waals surface area contributed by atoms with Crippen LogP contribution in [0.4, 0.5) is 5.69 Å². The van der Waals surface area contributed by atoms with Crippen molar-refractivity contribution in [3.8, 4) is 0 Å². The Morgan fingerprint density at radius 1 is 0.900 bits per heavy atom. The van der Waals surface area contributed by atoms with Crippen LogP contribution in [0.5, 0.6) is 0 Å². The van der Waals surface area contributed by atoms with Crippen LogP contribution in [0.3, 0.4) is 0 Å². The van der Waals surface area contributed by atoms with Gasteiger partial charge < -0.3 is 10.1 Å². The van der Waals surface area contributed by atoms with Crippen LogP contribution in [0.15, 0.2) is 54.6 Å². The number of carbonyl (C=O) groups excluding carboxylic acids is 4. The number of fused-ring (bicyclic) bond motifs is 1. The monoisotopic (exact) mass is 408 g/mol. The van der Waals surface area contributed by atoms with Gasteiger partial charge in [-0.1, -0.05) is 44.2 Å². The second kappa shape index (κ2) is 8.90. The summed E-state index contributed by atoms with van der Waals surface area (Å²) >= 11 is 0. The summed E-state index contributed by atoms with van der Waals surface area (Å²) in [5.74, 6) is -2.33. The summed E-state index contributed by atoms with van der Waals surface area (Å²) in [5.41, 5.74) is 1.10. The first kappa shape index (κ1) is 21.2. The Morgan fingerprint density at radius 2 is 1.43 bits per heavy atom. The molecule has 0 radical (unpaired) electrons. The van der Waals surface area contributed by atoms with E-state index in [-0.39, 0.29) is 23.5 Å². The number of benzene rings is 2. The highest BCUT2D eigenvalue weighted by molar-refractivity contribution is 6.22. The molecule has 2 aromatic rings. The van der Waals surface area contributed by atoms with Gasteiger partial charge in [0.2, 0.25) is 0 Å². The lowest BCUT2D eigenvalue weighted by molar-refractivity contribution is -0.157. The van der Waals surface area contributed by atoms with Crippen molar-refractivity contribution in [2.45, 2.75) is 39.3 Å². The number of ether oxygens (including phenoxy) is 1. The molecule has 1 aliphatic rings. The van der Waals surface area contributed by atoms with Crippen LogP contribution >= 0.6 is 0 Å². The molecule has 0 saturated carbocycles. The Labute approximate surface area is 175 Å². The van der Waals surface area contributed by atoms with Crippen molar-refractivity contribution in [1.82, 2.24) is 4.90 Å². The van der Waals surface area contributed by atoms with Crippen LogP contribution in [0, 0.1) is 5.92 Å². The van der Waals surface area contributed by atoms with Gasteiger partial charge in [0, 0.05) is 5.69 Å². The first-order valence-corrected chi connectivity index (χ1v) is 9.83. The van der Waals surface area contributed by atoms with E-state index in [9.17, 15) is 19.2 Å². The molecule has 3 amide bonds. The number of nitrogens with zero attached hydrogens (tertiary/aromatic N) is 1. The number of esters is 1. The van der Waals surface area contributed by atoms with Gasteiger partial charge in [0.1, 0.15) is 6.04 Å². The quantitative estimate of drug-likeness (QED) is 0.561. The topological polar surface area (TPSA) is 92.8 Å². The van der Waals surface area contributed by atoms with Gasteiger partial charge in [-0.05, 0) is 43.5 Å². The van der Waals surface area contributed by atoms with Crippen molar-refractivity contribution in [3.05, 3.63) is 65.7 Å². The summed E-state index contributed by atoms with van der Waals surface area (Å²) in [6.45, 7) is 5.21. The van der Waals surface area contributed by atoms with Crippen LogP contribution < -0.4 is 5.32 Å². The number of anilines is 1. The van der Waals surface area contributed by atoms with E-state index in [1.807, 2.05) is 19.9 Å². The highest BCUT2D eigenvalue weighted by atomic mass is 16.5. The summed E-state index contributed by atoms with van der Waals surface area (Å²) in [5, 5.41) is 2.66. The number of hydrogen-bond acceptors (Lipinski definition) is 5. The minimum absolute atomic E-state index is 0.0142. The molecule has 0 aliphatic carbocycles. The average molecular weight is 408 g/mol. The summed E-state index contributed by atoms with van der Waals surface area (Å²) in [6, 6.07) is 14.1. The van der Waals surface area contributed by atoms with Gasteiger partial charge in [-0.3, -0.25) is 19.3 Å². The second-order valence-corrected chi connectivity index (χ2v) is 7.61. The standard InChI is InChI=1S/C23H24N2O5/c1-14(2)13-19(25-21(27)17-11-7-8-12-18(17)22(25)28)23(29)30-15(3)20(26)24-16-9-5-4-6-10-16/h4-12,14-15,19H,13H2,1-3H3,(H,24,26). The lowest BCUT2D eigenvalue weighted by Gasteiger charge is -2.27. The van der Waals surface area contributed by atoms with E-state index in [1.165, 1.54) is 6.92 Å². The second-order valence-electron chi connectivity index (χ2n) is 7.61. The molecule has 1 heterocycles. The van der Waals surface area contributed by atoms with Gasteiger partial charge in [0.25, 0.3) is 17.7 Å². The van der Waals surface area contributed by atoms with E-state index in [4.69, 9.17) is 4.74 Å². The molecule has 0 bridgehead atoms. The molecule has 2 unspecified atom stereocenters. The molecule has 0 saturated heterocycles. The van der Waals surface area contributed by atoms with Gasteiger partial charge in [0.05, 0.1) is 11.1 Å². The van der Waals surface area contributed by atoms with Crippen molar-refractivity contribution in [2.75, 3.05) is 5.32 Å². The number of rotatable bonds is 7. The van der Waals surface area contributed by atoms with Crippen LogP contribution in [0.2, 0.25) is 0 Å². The van der Waals surface area contributed by atoms with Crippen molar-refractivity contribution >= 4 is 29.4 Å². The van der Waals surface area contributed by atoms with Crippen LogP contribution in [-0.4, -0.2) is 40.7 Å². The molecule has 3 rings (SSSR count). The number of para-hydroxylation sites is 1. The molecule has 2 atom stereocenters. The highest BCUT2D eigenvalue weighted by Gasteiger charge is 2.44. The molecule has 30 heavy (non-hydrogen) atoms. The number of hydrogen-bond donors (Lipinski definition) is 1. The Hall–Kier alpha value is -3.48. The molecule has 1 aliphatic heterocycles. The fourth-order valence-corrected chi connectivity index (χ4v) is 3.32. The fraction of sp³-hybridized carbons (Fsp3) is 0.304. The van der Waals surface area contributed by atoms with Crippen molar-refractivity contribution < 1.29 is 23.9 Å². The average Bonchev–Trinajstić information content (AvgIpc) is 2.97. The maximum Gasteiger partial charge on any atom is 0.330 e. The zero-order chi connectivity index (χ0) is 21.8. The van der Waals surface area contributed by atoms with Gasteiger partial charge >= 0.3 is 5.97 Å². The van der Waals surface area contributed by atoms with Gasteiger partial charge in [-0.2, -0.15) is 0 Å². The van der Waals surface area contributed by atoms with Crippen LogP contribution in [0.1, 0.15) is 47.9 Å². The fourth-order valence-electron chi connectivity index (χ4n) is 3.32. The molecule has 7 heteroatoms. The minimum atomic E-state index is -1.11. The molecule has 1 N–H and O–H groups in total. The van der Waals surface area contributed by atoms with E-state index in [0.29, 0.717) is 5.69 Å². The first-order valence-electron chi connectivity index (χ1n) is 9.83. The summed E-state index contributed by atoms with van der Waals surface area (Å²) in [4.78, 5) is 51.9. The molecule has 0 aromatic heterocycles. The third kappa shape index (κ3) is 4.40. The van der Waals surface area contributed by atoms with E-state index >= 15 is 0 Å². The molecular weight excluding hydrogens is 384 g/mol. The lowest BCUT2D eigenvalue weighted by atomic mass is 10.0. The van der Waals surface area contributed by atoms with E-state index in [2.05, 4.69) is 5.32 Å². The zero-order valence-corrected chi connectivity index (χ0v) is 17.1. The van der Waals surface area contributed by atoms with E-state index in [1.54, 1.807) is 48.5 Å². The lowest BCUT2D eigenvalue weighted by Crippen LogP contribution is -2.48. The molecular formula is C23H24N2O5. The maximum atomic E-state index is 12.9. The Bertz CT molecular complexity index is 936. The van der Waals surface area contributed by atoms with Crippen LogP contribution in [-0.2, 0) is 14.3 Å². The molecule has 0 spiro atoms. The zero-order valence-electron chi connectivity index (χ0n) is 17.1. The van der Waals surface area contributed by atoms with Gasteiger partial charge in [-0.25, -0.2) is 4.79 Å². The summed E-state index contributed by atoms with van der Waals surface area (Å²) < 4.78 is 5.36. The van der Waals surface area contributed by atoms with Crippen molar-refractivity contribution in [2.24, 2.45) is 5.92 Å². The summed E-state index contributed by atoms with van der Waals surface area (Å²) in [7, 11) is 0. The Morgan fingerprint density at radius 3 is 1.97 bits per heavy atom. The third-order valence-electron chi connectivity index (χ3n) is 4.81. The van der Waals surface area contributed by atoms with E-state index in [0.717, 1.165) is 4.90 Å².